The van der Waals surface area contributed by atoms with Crippen molar-refractivity contribution in [3.63, 3.8) is 0 Å². The SMILES string of the molecule is CCCCc1c(C)n(CC)c2c(CC)cc(C(=O)O)cc12. The summed E-state index contributed by atoms with van der Waals surface area (Å²) in [6.45, 7) is 9.52. The van der Waals surface area contributed by atoms with Gasteiger partial charge in [0.05, 0.1) is 11.1 Å². The predicted molar refractivity (Wildman–Crippen MR) is 87.3 cm³/mol. The largest absolute Gasteiger partial charge is 0.478 e. The van der Waals surface area contributed by atoms with Crippen molar-refractivity contribution in [2.45, 2.75) is 59.9 Å². The molecule has 2 rings (SSSR count). The molecule has 1 aromatic carbocycles. The van der Waals surface area contributed by atoms with Crippen LogP contribution in [0.1, 0.15) is 60.8 Å². The molecule has 3 nitrogen and oxygen atoms in total. The molecule has 0 amide bonds. The number of rotatable bonds is 6. The van der Waals surface area contributed by atoms with Gasteiger partial charge in [-0.1, -0.05) is 20.3 Å². The highest BCUT2D eigenvalue weighted by Gasteiger charge is 2.18. The molecule has 0 saturated heterocycles. The molecule has 0 atom stereocenters. The van der Waals surface area contributed by atoms with E-state index in [1.165, 1.54) is 16.8 Å². The minimum atomic E-state index is -0.838. The molecule has 2 aromatic rings. The summed E-state index contributed by atoms with van der Waals surface area (Å²) in [5.41, 5.74) is 5.39. The zero-order valence-electron chi connectivity index (χ0n) is 13.5. The molecule has 3 heteroatoms. The summed E-state index contributed by atoms with van der Waals surface area (Å²) >= 11 is 0. The molecule has 0 radical (unpaired) electrons. The lowest BCUT2D eigenvalue weighted by molar-refractivity contribution is 0.0697. The number of carboxylic acid groups (broad SMARTS) is 1. The molecule has 0 unspecified atom stereocenters. The van der Waals surface area contributed by atoms with Crippen LogP contribution in [0.2, 0.25) is 0 Å². The number of aromatic nitrogens is 1. The molecule has 114 valence electrons. The minimum Gasteiger partial charge on any atom is -0.478 e. The predicted octanol–water partition coefficient (Wildman–Crippen LogP) is 4.57. The fourth-order valence-electron chi connectivity index (χ4n) is 3.23. The zero-order valence-corrected chi connectivity index (χ0v) is 13.5. The Hall–Kier alpha value is -1.77. The third kappa shape index (κ3) is 2.69. The van der Waals surface area contributed by atoms with E-state index in [0.717, 1.165) is 43.2 Å². The number of unbranched alkanes of at least 4 members (excludes halogenated alkanes) is 1. The van der Waals surface area contributed by atoms with Crippen LogP contribution in [0.15, 0.2) is 12.1 Å². The average molecular weight is 287 g/mol. The molecule has 0 spiro atoms. The van der Waals surface area contributed by atoms with Gasteiger partial charge in [-0.2, -0.15) is 0 Å². The van der Waals surface area contributed by atoms with Crippen LogP contribution in [0, 0.1) is 6.92 Å². The molecule has 0 bridgehead atoms. The maximum Gasteiger partial charge on any atom is 0.335 e. The van der Waals surface area contributed by atoms with E-state index in [0.29, 0.717) is 5.56 Å². The van der Waals surface area contributed by atoms with E-state index < -0.39 is 5.97 Å². The van der Waals surface area contributed by atoms with Crippen LogP contribution in [0.4, 0.5) is 0 Å². The molecule has 0 fully saturated rings. The first-order valence-electron chi connectivity index (χ1n) is 7.92. The number of aromatic carboxylic acids is 1. The second-order valence-corrected chi connectivity index (χ2v) is 5.60. The van der Waals surface area contributed by atoms with Gasteiger partial charge in [0.2, 0.25) is 0 Å². The van der Waals surface area contributed by atoms with Crippen LogP contribution in [0.3, 0.4) is 0 Å². The highest BCUT2D eigenvalue weighted by molar-refractivity contribution is 5.97. The molecule has 0 aliphatic carbocycles. The maximum absolute atomic E-state index is 11.4. The number of nitrogens with zero attached hydrogens (tertiary/aromatic N) is 1. The Morgan fingerprint density at radius 3 is 2.48 bits per heavy atom. The van der Waals surface area contributed by atoms with Gasteiger partial charge in [0.1, 0.15) is 0 Å². The average Bonchev–Trinajstić information content (AvgIpc) is 2.75. The first-order valence-corrected chi connectivity index (χ1v) is 7.92. The van der Waals surface area contributed by atoms with Gasteiger partial charge in [-0.05, 0) is 56.4 Å². The van der Waals surface area contributed by atoms with Crippen LogP contribution in [-0.4, -0.2) is 15.6 Å². The van der Waals surface area contributed by atoms with Crippen molar-refractivity contribution in [3.8, 4) is 0 Å². The summed E-state index contributed by atoms with van der Waals surface area (Å²) in [5, 5.41) is 10.5. The van der Waals surface area contributed by atoms with Crippen LogP contribution in [-0.2, 0) is 19.4 Å². The number of hydrogen-bond acceptors (Lipinski definition) is 1. The van der Waals surface area contributed by atoms with Gasteiger partial charge in [-0.25, -0.2) is 4.79 Å². The van der Waals surface area contributed by atoms with Crippen LogP contribution in [0.5, 0.6) is 0 Å². The first-order chi connectivity index (χ1) is 10.0. The fraction of sp³-hybridized carbons (Fsp3) is 0.500. The molecule has 21 heavy (non-hydrogen) atoms. The Balaban J connectivity index is 2.79. The van der Waals surface area contributed by atoms with Gasteiger partial charge >= 0.3 is 5.97 Å². The highest BCUT2D eigenvalue weighted by atomic mass is 16.4. The van der Waals surface area contributed by atoms with Gasteiger partial charge in [0.15, 0.2) is 0 Å². The Morgan fingerprint density at radius 2 is 1.95 bits per heavy atom. The highest BCUT2D eigenvalue weighted by Crippen LogP contribution is 2.31. The third-order valence-electron chi connectivity index (χ3n) is 4.35. The van der Waals surface area contributed by atoms with Crippen LogP contribution >= 0.6 is 0 Å². The second-order valence-electron chi connectivity index (χ2n) is 5.60. The number of aryl methyl sites for hydroxylation is 3. The third-order valence-corrected chi connectivity index (χ3v) is 4.35. The summed E-state index contributed by atoms with van der Waals surface area (Å²) in [4.78, 5) is 11.4. The Bertz CT molecular complexity index is 668. The standard InChI is InChI=1S/C18H25NO2/c1-5-8-9-15-12(4)19(7-3)17-13(6-2)10-14(18(20)21)11-16(15)17/h10-11H,5-9H2,1-4H3,(H,20,21). The minimum absolute atomic E-state index is 0.408. The molecule has 0 saturated carbocycles. The van der Waals surface area contributed by atoms with Gasteiger partial charge < -0.3 is 9.67 Å². The van der Waals surface area contributed by atoms with Crippen molar-refractivity contribution in [1.82, 2.24) is 4.57 Å². The van der Waals surface area contributed by atoms with E-state index in [-0.39, 0.29) is 0 Å². The summed E-state index contributed by atoms with van der Waals surface area (Å²) < 4.78 is 2.34. The second kappa shape index (κ2) is 6.33. The topological polar surface area (TPSA) is 42.2 Å². The van der Waals surface area contributed by atoms with E-state index in [1.807, 2.05) is 12.1 Å². The van der Waals surface area contributed by atoms with E-state index in [2.05, 4.69) is 32.3 Å². The number of carboxylic acids is 1. The molecule has 1 N–H and O–H groups in total. The van der Waals surface area contributed by atoms with Crippen molar-refractivity contribution in [2.24, 2.45) is 0 Å². The molecular weight excluding hydrogens is 262 g/mol. The van der Waals surface area contributed by atoms with Crippen molar-refractivity contribution in [3.05, 3.63) is 34.5 Å². The lowest BCUT2D eigenvalue weighted by Crippen LogP contribution is -2.01. The van der Waals surface area contributed by atoms with Crippen LogP contribution in [0.25, 0.3) is 10.9 Å². The van der Waals surface area contributed by atoms with Crippen molar-refractivity contribution >= 4 is 16.9 Å². The molecule has 1 heterocycles. The Kier molecular flexibility index (Phi) is 4.71. The molecular formula is C18H25NO2. The van der Waals surface area contributed by atoms with Crippen molar-refractivity contribution < 1.29 is 9.90 Å². The molecule has 1 aromatic heterocycles. The zero-order chi connectivity index (χ0) is 15.6. The summed E-state index contributed by atoms with van der Waals surface area (Å²) in [6, 6.07) is 3.70. The first kappa shape index (κ1) is 15.6. The van der Waals surface area contributed by atoms with E-state index in [4.69, 9.17) is 0 Å². The number of hydrogen-bond donors (Lipinski definition) is 1. The number of benzene rings is 1. The van der Waals surface area contributed by atoms with E-state index in [9.17, 15) is 9.90 Å². The quantitative estimate of drug-likeness (QED) is 0.845. The van der Waals surface area contributed by atoms with Gasteiger partial charge in [-0.3, -0.25) is 0 Å². The van der Waals surface area contributed by atoms with Gasteiger partial charge in [0, 0.05) is 17.6 Å². The van der Waals surface area contributed by atoms with Gasteiger partial charge in [0.25, 0.3) is 0 Å². The van der Waals surface area contributed by atoms with Gasteiger partial charge in [-0.15, -0.1) is 0 Å². The summed E-state index contributed by atoms with van der Waals surface area (Å²) in [7, 11) is 0. The number of carbonyl (C=O) groups is 1. The normalized spacial score (nSPS) is 11.2. The Morgan fingerprint density at radius 1 is 1.24 bits per heavy atom. The lowest BCUT2D eigenvalue weighted by Gasteiger charge is -2.09. The van der Waals surface area contributed by atoms with Crippen molar-refractivity contribution in [1.29, 1.82) is 0 Å². The van der Waals surface area contributed by atoms with E-state index >= 15 is 0 Å². The molecule has 0 aliphatic heterocycles. The van der Waals surface area contributed by atoms with E-state index in [1.54, 1.807) is 0 Å². The summed E-state index contributed by atoms with van der Waals surface area (Å²) in [6.07, 6.45) is 4.17. The number of fused-ring (bicyclic) bond motifs is 1. The Labute approximate surface area is 126 Å². The van der Waals surface area contributed by atoms with Crippen LogP contribution < -0.4 is 0 Å². The fourth-order valence-corrected chi connectivity index (χ4v) is 3.23. The maximum atomic E-state index is 11.4. The van der Waals surface area contributed by atoms with Crippen molar-refractivity contribution in [2.75, 3.05) is 0 Å². The summed E-state index contributed by atoms with van der Waals surface area (Å²) in [5.74, 6) is -0.838. The smallest absolute Gasteiger partial charge is 0.335 e. The lowest BCUT2D eigenvalue weighted by atomic mass is 9.99. The molecule has 0 aliphatic rings. The monoisotopic (exact) mass is 287 g/mol.